The predicted molar refractivity (Wildman–Crippen MR) is 118 cm³/mol. The van der Waals surface area contributed by atoms with E-state index in [0.717, 1.165) is 68.8 Å². The number of carbonyl (C=O) groups is 1. The molecule has 0 bridgehead atoms. The number of imidazole rings is 1. The van der Waals surface area contributed by atoms with Crippen LogP contribution in [0.1, 0.15) is 49.6 Å². The van der Waals surface area contributed by atoms with Crippen molar-refractivity contribution in [3.05, 3.63) is 41.2 Å². The number of hydrogen-bond acceptors (Lipinski definition) is 3. The Hall–Kier alpha value is -2.55. The van der Waals surface area contributed by atoms with Crippen LogP contribution in [-0.4, -0.2) is 58.5 Å². The lowest BCUT2D eigenvalue weighted by Crippen LogP contribution is -2.50. The molecule has 0 unspecified atom stereocenters. The van der Waals surface area contributed by atoms with E-state index in [1.807, 2.05) is 11.8 Å². The van der Waals surface area contributed by atoms with Gasteiger partial charge in [-0.15, -0.1) is 0 Å². The van der Waals surface area contributed by atoms with Crippen LogP contribution in [0.15, 0.2) is 24.3 Å². The minimum Gasteiger partial charge on any atom is -0.342 e. The van der Waals surface area contributed by atoms with E-state index in [-0.39, 0.29) is 12.1 Å². The highest BCUT2D eigenvalue weighted by molar-refractivity contribution is 5.74. The summed E-state index contributed by atoms with van der Waals surface area (Å²) in [5.74, 6) is 0.575. The van der Waals surface area contributed by atoms with Crippen LogP contribution in [0.2, 0.25) is 0 Å². The summed E-state index contributed by atoms with van der Waals surface area (Å²) in [6.07, 6.45) is -0.490. The maximum Gasteiger partial charge on any atom is 0.416 e. The van der Waals surface area contributed by atoms with Crippen molar-refractivity contribution < 1.29 is 18.0 Å². The van der Waals surface area contributed by atoms with E-state index in [2.05, 4.69) is 27.1 Å². The van der Waals surface area contributed by atoms with Gasteiger partial charge in [-0.05, 0) is 38.3 Å². The summed E-state index contributed by atoms with van der Waals surface area (Å²) in [4.78, 5) is 24.4. The maximum absolute atomic E-state index is 12.8. The Balaban J connectivity index is 1.61. The number of hydrogen-bond donors (Lipinski definition) is 2. The lowest BCUT2D eigenvalue weighted by molar-refractivity contribution is -0.137. The largest absolute Gasteiger partial charge is 0.416 e. The fourth-order valence-electron chi connectivity index (χ4n) is 4.13. The average Bonchev–Trinajstić information content (AvgIpc) is 3.14. The average molecular weight is 452 g/mol. The summed E-state index contributed by atoms with van der Waals surface area (Å²) in [5, 5.41) is 2.76. The quantitative estimate of drug-likeness (QED) is 0.635. The van der Waals surface area contributed by atoms with Gasteiger partial charge in [-0.2, -0.15) is 13.2 Å². The number of aromatic amines is 1. The molecule has 1 fully saturated rings. The van der Waals surface area contributed by atoms with Crippen LogP contribution in [0.25, 0.3) is 11.4 Å². The number of likely N-dealkylation sites (tertiary alicyclic amines) is 1. The van der Waals surface area contributed by atoms with Crippen molar-refractivity contribution in [3.8, 4) is 11.4 Å². The van der Waals surface area contributed by atoms with Crippen molar-refractivity contribution in [1.82, 2.24) is 25.1 Å². The van der Waals surface area contributed by atoms with Crippen molar-refractivity contribution in [1.29, 1.82) is 0 Å². The molecule has 2 aromatic rings. The van der Waals surface area contributed by atoms with Gasteiger partial charge in [0.15, 0.2) is 0 Å². The Bertz CT molecular complexity index is 886. The molecular formula is C23H32F3N5O. The van der Waals surface area contributed by atoms with E-state index in [1.165, 1.54) is 12.1 Å². The van der Waals surface area contributed by atoms with Crippen LogP contribution >= 0.6 is 0 Å². The molecule has 1 aliphatic rings. The van der Waals surface area contributed by atoms with E-state index < -0.39 is 11.7 Å². The first-order chi connectivity index (χ1) is 15.2. The summed E-state index contributed by atoms with van der Waals surface area (Å²) in [6.45, 7) is 7.23. The van der Waals surface area contributed by atoms with Crippen molar-refractivity contribution >= 4 is 6.03 Å². The number of nitrogens with one attached hydrogen (secondary N) is 2. The molecule has 0 atom stereocenters. The van der Waals surface area contributed by atoms with Gasteiger partial charge in [0, 0.05) is 50.5 Å². The second-order valence-corrected chi connectivity index (χ2v) is 8.34. The normalized spacial score (nSPS) is 15.7. The third kappa shape index (κ3) is 5.82. The van der Waals surface area contributed by atoms with Gasteiger partial charge in [-0.3, -0.25) is 4.90 Å². The molecule has 2 amide bonds. The molecule has 2 heterocycles. The molecule has 1 aliphatic heterocycles. The first-order valence-corrected chi connectivity index (χ1v) is 11.2. The van der Waals surface area contributed by atoms with Crippen molar-refractivity contribution in [2.24, 2.45) is 0 Å². The number of nitrogens with zero attached hydrogens (tertiary/aromatic N) is 3. The van der Waals surface area contributed by atoms with Gasteiger partial charge in [0.2, 0.25) is 0 Å². The molecule has 0 spiro atoms. The van der Waals surface area contributed by atoms with Gasteiger partial charge >= 0.3 is 12.2 Å². The van der Waals surface area contributed by atoms with Crippen molar-refractivity contribution in [2.45, 2.75) is 58.3 Å². The Kier molecular flexibility index (Phi) is 7.82. The Labute approximate surface area is 187 Å². The zero-order chi connectivity index (χ0) is 23.3. The van der Waals surface area contributed by atoms with Crippen LogP contribution in [0.4, 0.5) is 18.0 Å². The highest BCUT2D eigenvalue weighted by atomic mass is 19.4. The van der Waals surface area contributed by atoms with Gasteiger partial charge in [0.1, 0.15) is 5.82 Å². The number of halogens is 3. The molecule has 0 saturated carbocycles. The molecule has 1 saturated heterocycles. The smallest absolute Gasteiger partial charge is 0.342 e. The molecule has 1 aromatic carbocycles. The van der Waals surface area contributed by atoms with Crippen LogP contribution in [-0.2, 0) is 12.7 Å². The van der Waals surface area contributed by atoms with E-state index in [1.54, 1.807) is 7.05 Å². The number of benzene rings is 1. The van der Waals surface area contributed by atoms with E-state index in [9.17, 15) is 18.0 Å². The number of urea groups is 1. The second kappa shape index (κ2) is 10.4. The third-order valence-electron chi connectivity index (χ3n) is 6.07. The number of carbonyl (C=O) groups excluding carboxylic acids is 1. The monoisotopic (exact) mass is 451 g/mol. The summed E-state index contributed by atoms with van der Waals surface area (Å²) in [5.41, 5.74) is 1.77. The Morgan fingerprint density at radius 1 is 1.25 bits per heavy atom. The number of amides is 2. The minimum atomic E-state index is -4.35. The number of alkyl halides is 3. The summed E-state index contributed by atoms with van der Waals surface area (Å²) in [7, 11) is 1.67. The molecule has 6 nitrogen and oxygen atoms in total. The minimum absolute atomic E-state index is 0.0128. The molecule has 176 valence electrons. The molecule has 0 aliphatic carbocycles. The summed E-state index contributed by atoms with van der Waals surface area (Å²) < 4.78 is 38.4. The molecule has 2 N–H and O–H groups in total. The number of rotatable bonds is 7. The van der Waals surface area contributed by atoms with Crippen LogP contribution in [0, 0.1) is 6.92 Å². The molecular weight excluding hydrogens is 419 g/mol. The molecule has 1 aromatic heterocycles. The van der Waals surface area contributed by atoms with Gasteiger partial charge in [-0.1, -0.05) is 25.5 Å². The first-order valence-electron chi connectivity index (χ1n) is 11.2. The van der Waals surface area contributed by atoms with Crippen molar-refractivity contribution in [3.63, 3.8) is 0 Å². The zero-order valence-electron chi connectivity index (χ0n) is 18.9. The topological polar surface area (TPSA) is 64.3 Å². The number of aryl methyl sites for hydroxylation is 1. The Morgan fingerprint density at radius 2 is 1.91 bits per heavy atom. The SMILES string of the molecule is CCCCN(C(=O)NC)C1CCN(Cc2nc(-c3ccc(C(F)(F)F)cc3)[nH]c2C)CC1. The molecule has 32 heavy (non-hydrogen) atoms. The van der Waals surface area contributed by atoms with Crippen LogP contribution < -0.4 is 5.32 Å². The second-order valence-electron chi connectivity index (χ2n) is 8.34. The first kappa shape index (κ1) is 24.1. The number of unbranched alkanes of at least 4 members (excludes halogenated alkanes) is 1. The maximum atomic E-state index is 12.8. The van der Waals surface area contributed by atoms with Gasteiger partial charge in [-0.25, -0.2) is 9.78 Å². The van der Waals surface area contributed by atoms with Crippen molar-refractivity contribution in [2.75, 3.05) is 26.7 Å². The molecule has 3 rings (SSSR count). The highest BCUT2D eigenvalue weighted by Gasteiger charge is 2.30. The Morgan fingerprint density at radius 3 is 2.47 bits per heavy atom. The fourth-order valence-corrected chi connectivity index (χ4v) is 4.13. The van der Waals surface area contributed by atoms with Crippen LogP contribution in [0.5, 0.6) is 0 Å². The fraction of sp³-hybridized carbons (Fsp3) is 0.565. The lowest BCUT2D eigenvalue weighted by atomic mass is 10.0. The third-order valence-corrected chi connectivity index (χ3v) is 6.07. The van der Waals surface area contributed by atoms with E-state index in [4.69, 9.17) is 0 Å². The lowest BCUT2D eigenvalue weighted by Gasteiger charge is -2.38. The predicted octanol–water partition coefficient (Wildman–Crippen LogP) is 4.81. The number of aromatic nitrogens is 2. The standard InChI is InChI=1S/C23H32F3N5O/c1-4-5-12-31(22(32)27-3)19-10-13-30(14-11-19)15-20-16(2)28-21(29-20)17-6-8-18(9-7-17)23(24,25)26/h6-9,19H,4-5,10-15H2,1-3H3,(H,27,32)(H,28,29). The highest BCUT2D eigenvalue weighted by Crippen LogP contribution is 2.30. The number of H-pyrrole nitrogens is 1. The van der Waals surface area contributed by atoms with Gasteiger partial charge < -0.3 is 15.2 Å². The molecule has 0 radical (unpaired) electrons. The van der Waals surface area contributed by atoms with E-state index in [0.29, 0.717) is 17.9 Å². The number of piperidine rings is 1. The van der Waals surface area contributed by atoms with Gasteiger partial charge in [0.25, 0.3) is 0 Å². The summed E-state index contributed by atoms with van der Waals surface area (Å²) >= 11 is 0. The van der Waals surface area contributed by atoms with Crippen LogP contribution in [0.3, 0.4) is 0 Å². The molecule has 9 heteroatoms. The summed E-state index contributed by atoms with van der Waals surface area (Å²) in [6, 6.07) is 5.27. The zero-order valence-corrected chi connectivity index (χ0v) is 18.9. The van der Waals surface area contributed by atoms with Gasteiger partial charge in [0.05, 0.1) is 11.3 Å². The van der Waals surface area contributed by atoms with E-state index >= 15 is 0 Å².